The molecule has 212 valence electrons. The van der Waals surface area contributed by atoms with Gasteiger partial charge in [0.25, 0.3) is 0 Å². The summed E-state index contributed by atoms with van der Waals surface area (Å²) in [5, 5.41) is 13.6. The van der Waals surface area contributed by atoms with E-state index in [0.29, 0.717) is 35.2 Å². The Bertz CT molecular complexity index is 1580. The summed E-state index contributed by atoms with van der Waals surface area (Å²) < 4.78 is 12.9. The van der Waals surface area contributed by atoms with Crippen molar-refractivity contribution in [2.24, 2.45) is 11.8 Å². The maximum Gasteiger partial charge on any atom is 0.326 e. The lowest BCUT2D eigenvalue weighted by Gasteiger charge is -2.17. The molecule has 3 aromatic heterocycles. The lowest BCUT2D eigenvalue weighted by Crippen LogP contribution is -2.27. The molecular formula is C31H35N7O3. The van der Waals surface area contributed by atoms with Gasteiger partial charge in [0.05, 0.1) is 12.4 Å². The van der Waals surface area contributed by atoms with Gasteiger partial charge in [0.15, 0.2) is 17.3 Å². The fraction of sp³-hybridized carbons (Fsp3) is 0.419. The largest absolute Gasteiger partial charge is 0.492 e. The van der Waals surface area contributed by atoms with Crippen LogP contribution in [0.3, 0.4) is 0 Å². The molecule has 1 saturated heterocycles. The minimum atomic E-state index is -0.479. The van der Waals surface area contributed by atoms with Gasteiger partial charge in [0.1, 0.15) is 18.1 Å². The molecule has 2 unspecified atom stereocenters. The number of likely N-dealkylation sites (tertiary alicyclic amines) is 1. The predicted molar refractivity (Wildman–Crippen MR) is 156 cm³/mol. The first-order valence-corrected chi connectivity index (χ1v) is 14.2. The molecule has 41 heavy (non-hydrogen) atoms. The zero-order valence-electron chi connectivity index (χ0n) is 23.7. The molecule has 4 heterocycles. The van der Waals surface area contributed by atoms with Gasteiger partial charge in [-0.05, 0) is 48.9 Å². The molecule has 10 heteroatoms. The SMILES string of the molecule is CC(C)(C)c1cc(NC(=O)Nc2cn3ncc(C#Cc4ccc(OCCN5CC6CCCC6C5)cc4)cc3n2)no1. The highest BCUT2D eigenvalue weighted by Gasteiger charge is 2.35. The van der Waals surface area contributed by atoms with Crippen LogP contribution in [0.15, 0.2) is 53.3 Å². The lowest BCUT2D eigenvalue weighted by atomic mass is 9.93. The average molecular weight is 554 g/mol. The van der Waals surface area contributed by atoms with E-state index < -0.39 is 6.03 Å². The van der Waals surface area contributed by atoms with Gasteiger partial charge >= 0.3 is 6.03 Å². The monoisotopic (exact) mass is 553 g/mol. The number of anilines is 2. The van der Waals surface area contributed by atoms with Crippen LogP contribution in [0.25, 0.3) is 5.65 Å². The first-order valence-electron chi connectivity index (χ1n) is 14.2. The van der Waals surface area contributed by atoms with Crippen LogP contribution < -0.4 is 15.4 Å². The van der Waals surface area contributed by atoms with E-state index in [-0.39, 0.29) is 5.41 Å². The summed E-state index contributed by atoms with van der Waals surface area (Å²) in [6, 6.07) is 10.9. The minimum absolute atomic E-state index is 0.207. The zero-order chi connectivity index (χ0) is 28.4. The number of ether oxygens (including phenoxy) is 1. The van der Waals surface area contributed by atoms with E-state index in [4.69, 9.17) is 9.26 Å². The third kappa shape index (κ3) is 6.52. The molecule has 2 fully saturated rings. The molecule has 2 atom stereocenters. The smallest absolute Gasteiger partial charge is 0.326 e. The molecule has 0 radical (unpaired) electrons. The van der Waals surface area contributed by atoms with Crippen LogP contribution in [-0.2, 0) is 5.41 Å². The number of fused-ring (bicyclic) bond motifs is 2. The van der Waals surface area contributed by atoms with Gasteiger partial charge in [0.2, 0.25) is 0 Å². The molecule has 2 N–H and O–H groups in total. The Balaban J connectivity index is 1.01. The number of nitrogens with one attached hydrogen (secondary N) is 2. The van der Waals surface area contributed by atoms with Crippen LogP contribution >= 0.6 is 0 Å². The summed E-state index contributed by atoms with van der Waals surface area (Å²) >= 11 is 0. The molecule has 0 spiro atoms. The summed E-state index contributed by atoms with van der Waals surface area (Å²) in [6.45, 7) is 10.2. The van der Waals surface area contributed by atoms with Crippen molar-refractivity contribution in [1.29, 1.82) is 0 Å². The Morgan fingerprint density at radius 3 is 2.51 bits per heavy atom. The molecule has 1 aliphatic heterocycles. The molecule has 6 rings (SSSR count). The highest BCUT2D eigenvalue weighted by atomic mass is 16.5. The standard InChI is InChI=1S/C31H35N7O3/c1-31(2,3)26-16-27(36-41-26)34-30(39)35-28-20-38-29(33-28)15-22(17-32-38)8-7-21-9-11-25(12-10-21)40-14-13-37-18-23-5-4-6-24(23)19-37/h9-12,15-17,20,23-24H,4-6,13-14,18-19H2,1-3H3,(H2,34,35,36,39). The van der Waals surface area contributed by atoms with Gasteiger partial charge < -0.3 is 9.26 Å². The Morgan fingerprint density at radius 1 is 1.05 bits per heavy atom. The number of hydrogen-bond donors (Lipinski definition) is 2. The van der Waals surface area contributed by atoms with E-state index in [0.717, 1.165) is 29.7 Å². The number of urea groups is 1. The maximum absolute atomic E-state index is 12.4. The summed E-state index contributed by atoms with van der Waals surface area (Å²) in [7, 11) is 0. The molecule has 10 nitrogen and oxygen atoms in total. The summed E-state index contributed by atoms with van der Waals surface area (Å²) in [5.74, 6) is 10.3. The number of nitrogens with zero attached hydrogens (tertiary/aromatic N) is 5. The van der Waals surface area contributed by atoms with Crippen LogP contribution in [0.2, 0.25) is 0 Å². The second kappa shape index (κ2) is 11.3. The number of aromatic nitrogens is 4. The second-order valence-electron chi connectivity index (χ2n) is 11.9. The van der Waals surface area contributed by atoms with E-state index in [2.05, 4.69) is 42.6 Å². The van der Waals surface area contributed by atoms with Crippen LogP contribution in [0, 0.1) is 23.7 Å². The predicted octanol–water partition coefficient (Wildman–Crippen LogP) is 5.17. The Kier molecular flexibility index (Phi) is 7.37. The van der Waals surface area contributed by atoms with Crippen LogP contribution in [-0.4, -0.2) is 56.9 Å². The molecule has 0 bridgehead atoms. The molecular weight excluding hydrogens is 518 g/mol. The Morgan fingerprint density at radius 2 is 1.78 bits per heavy atom. The number of imidazole rings is 1. The second-order valence-corrected chi connectivity index (χ2v) is 11.9. The normalized spacial score (nSPS) is 18.6. The fourth-order valence-corrected chi connectivity index (χ4v) is 5.54. The molecule has 1 saturated carbocycles. The first kappa shape index (κ1) is 26.8. The first-order chi connectivity index (χ1) is 19.8. The molecule has 1 aromatic carbocycles. The molecule has 1 aliphatic carbocycles. The van der Waals surface area contributed by atoms with Gasteiger partial charge in [-0.15, -0.1) is 0 Å². The average Bonchev–Trinajstić information content (AvgIpc) is 3.71. The van der Waals surface area contributed by atoms with Crippen LogP contribution in [0.4, 0.5) is 16.4 Å². The number of benzene rings is 1. The Hall–Kier alpha value is -4.36. The van der Waals surface area contributed by atoms with Crippen LogP contribution in [0.5, 0.6) is 5.75 Å². The fourth-order valence-electron chi connectivity index (χ4n) is 5.54. The van der Waals surface area contributed by atoms with Crippen molar-refractivity contribution in [1.82, 2.24) is 24.7 Å². The number of carbonyl (C=O) groups excluding carboxylic acids is 1. The number of hydrogen-bond acceptors (Lipinski definition) is 7. The van der Waals surface area contributed by atoms with Gasteiger partial charge in [-0.2, -0.15) is 5.10 Å². The lowest BCUT2D eigenvalue weighted by molar-refractivity contribution is 0.227. The van der Waals surface area contributed by atoms with Crippen molar-refractivity contribution in [2.45, 2.75) is 45.4 Å². The third-order valence-electron chi connectivity index (χ3n) is 7.74. The minimum Gasteiger partial charge on any atom is -0.492 e. The molecule has 2 aliphatic rings. The van der Waals surface area contributed by atoms with E-state index in [1.54, 1.807) is 23.0 Å². The topological polar surface area (TPSA) is 110 Å². The van der Waals surface area contributed by atoms with Gasteiger partial charge in [-0.25, -0.2) is 14.3 Å². The summed E-state index contributed by atoms with van der Waals surface area (Å²) in [6.07, 6.45) is 7.50. The van der Waals surface area contributed by atoms with Crippen molar-refractivity contribution in [3.05, 3.63) is 65.7 Å². The number of carbonyl (C=O) groups is 1. The Labute approximate surface area is 239 Å². The van der Waals surface area contributed by atoms with E-state index in [9.17, 15) is 4.79 Å². The maximum atomic E-state index is 12.4. The highest BCUT2D eigenvalue weighted by Crippen LogP contribution is 2.37. The molecule has 2 amide bonds. The van der Waals surface area contributed by atoms with Gasteiger partial charge in [-0.3, -0.25) is 15.5 Å². The molecule has 4 aromatic rings. The zero-order valence-corrected chi connectivity index (χ0v) is 23.7. The summed E-state index contributed by atoms with van der Waals surface area (Å²) in [4.78, 5) is 19.4. The van der Waals surface area contributed by atoms with Crippen molar-refractivity contribution >= 4 is 23.3 Å². The quantitative estimate of drug-likeness (QED) is 0.317. The van der Waals surface area contributed by atoms with Crippen molar-refractivity contribution in [3.8, 4) is 17.6 Å². The van der Waals surface area contributed by atoms with E-state index in [1.807, 2.05) is 51.1 Å². The number of rotatable bonds is 6. The van der Waals surface area contributed by atoms with Crippen molar-refractivity contribution < 1.29 is 14.1 Å². The van der Waals surface area contributed by atoms with Crippen molar-refractivity contribution in [2.75, 3.05) is 36.9 Å². The van der Waals surface area contributed by atoms with E-state index in [1.165, 1.54) is 32.4 Å². The van der Waals surface area contributed by atoms with Gasteiger partial charge in [0, 0.05) is 48.3 Å². The third-order valence-corrected chi connectivity index (χ3v) is 7.74. The summed E-state index contributed by atoms with van der Waals surface area (Å²) in [5.41, 5.74) is 1.96. The highest BCUT2D eigenvalue weighted by molar-refractivity contribution is 5.98. The van der Waals surface area contributed by atoms with Gasteiger partial charge in [-0.1, -0.05) is 44.2 Å². The van der Waals surface area contributed by atoms with Crippen molar-refractivity contribution in [3.63, 3.8) is 0 Å². The van der Waals surface area contributed by atoms with E-state index >= 15 is 0 Å². The van der Waals surface area contributed by atoms with Crippen LogP contribution in [0.1, 0.15) is 56.9 Å². The number of amides is 2.